The van der Waals surface area contributed by atoms with Crippen molar-refractivity contribution in [2.75, 3.05) is 25.2 Å². The average Bonchev–Trinajstić information content (AvgIpc) is 2.34. The number of carbonyl (C=O) groups excluding carboxylic acids is 1. The van der Waals surface area contributed by atoms with Gasteiger partial charge in [-0.05, 0) is 12.1 Å². The van der Waals surface area contributed by atoms with Crippen molar-refractivity contribution in [1.29, 1.82) is 0 Å². The molecule has 0 amide bonds. The van der Waals surface area contributed by atoms with E-state index in [1.807, 2.05) is 25.2 Å². The van der Waals surface area contributed by atoms with Crippen LogP contribution in [0.15, 0.2) is 18.2 Å². The number of nitrogens with zero attached hydrogens (tertiary/aromatic N) is 1. The summed E-state index contributed by atoms with van der Waals surface area (Å²) in [5.41, 5.74) is 1.02. The molecule has 1 aromatic heterocycles. The minimum Gasteiger partial charge on any atom is -0.469 e. The van der Waals surface area contributed by atoms with Crippen LogP contribution < -0.4 is 5.32 Å². The Kier molecular flexibility index (Phi) is 5.71. The first-order valence-corrected chi connectivity index (χ1v) is 6.20. The van der Waals surface area contributed by atoms with Crippen molar-refractivity contribution >= 4 is 23.5 Å². The second-order valence-electron chi connectivity index (χ2n) is 3.14. The fourth-order valence-corrected chi connectivity index (χ4v) is 1.96. The third-order valence-electron chi connectivity index (χ3n) is 1.99. The molecule has 1 aromatic rings. The van der Waals surface area contributed by atoms with Crippen LogP contribution >= 0.6 is 11.8 Å². The van der Waals surface area contributed by atoms with Crippen LogP contribution in [0, 0.1) is 0 Å². The lowest BCUT2D eigenvalue weighted by atomic mass is 10.4. The van der Waals surface area contributed by atoms with Gasteiger partial charge in [0.05, 0.1) is 19.2 Å². The van der Waals surface area contributed by atoms with Gasteiger partial charge in [-0.3, -0.25) is 4.79 Å². The number of thioether (sulfide) groups is 1. The SMILES string of the molecule is CNc1cccc(CSCCC(=O)OC)n1. The highest BCUT2D eigenvalue weighted by atomic mass is 32.2. The number of aromatic nitrogens is 1. The minimum absolute atomic E-state index is 0.163. The largest absolute Gasteiger partial charge is 0.469 e. The Hall–Kier alpha value is -1.23. The summed E-state index contributed by atoms with van der Waals surface area (Å²) in [5.74, 6) is 2.28. The quantitative estimate of drug-likeness (QED) is 0.608. The first-order valence-electron chi connectivity index (χ1n) is 5.04. The summed E-state index contributed by atoms with van der Waals surface area (Å²) in [4.78, 5) is 15.2. The van der Waals surface area contributed by atoms with Crippen LogP contribution in [0.1, 0.15) is 12.1 Å². The fraction of sp³-hybridized carbons (Fsp3) is 0.455. The van der Waals surface area contributed by atoms with E-state index in [1.54, 1.807) is 11.8 Å². The average molecular weight is 240 g/mol. The molecule has 0 fully saturated rings. The van der Waals surface area contributed by atoms with E-state index in [4.69, 9.17) is 0 Å². The maximum absolute atomic E-state index is 10.9. The number of rotatable bonds is 6. The third-order valence-corrected chi connectivity index (χ3v) is 2.98. The van der Waals surface area contributed by atoms with Gasteiger partial charge in [0, 0.05) is 18.6 Å². The van der Waals surface area contributed by atoms with E-state index in [9.17, 15) is 4.79 Å². The summed E-state index contributed by atoms with van der Waals surface area (Å²) in [7, 11) is 3.25. The molecule has 1 heterocycles. The second-order valence-corrected chi connectivity index (χ2v) is 4.25. The van der Waals surface area contributed by atoms with Crippen molar-refractivity contribution in [3.05, 3.63) is 23.9 Å². The van der Waals surface area contributed by atoms with E-state index in [0.717, 1.165) is 23.0 Å². The molecule has 0 spiro atoms. The lowest BCUT2D eigenvalue weighted by Gasteiger charge is -2.03. The molecule has 0 unspecified atom stereocenters. The lowest BCUT2D eigenvalue weighted by Crippen LogP contribution is -2.01. The highest BCUT2D eigenvalue weighted by Gasteiger charge is 2.01. The molecule has 1 rings (SSSR count). The molecule has 5 heteroatoms. The minimum atomic E-state index is -0.163. The number of nitrogens with one attached hydrogen (secondary N) is 1. The van der Waals surface area contributed by atoms with Crippen molar-refractivity contribution in [2.45, 2.75) is 12.2 Å². The molecule has 88 valence electrons. The van der Waals surface area contributed by atoms with E-state index >= 15 is 0 Å². The monoisotopic (exact) mass is 240 g/mol. The summed E-state index contributed by atoms with van der Waals surface area (Å²) in [6.07, 6.45) is 0.451. The van der Waals surface area contributed by atoms with Crippen LogP contribution in [0.5, 0.6) is 0 Å². The van der Waals surface area contributed by atoms with Crippen molar-refractivity contribution in [2.24, 2.45) is 0 Å². The molecule has 0 bridgehead atoms. The molecule has 0 atom stereocenters. The zero-order chi connectivity index (χ0) is 11.8. The summed E-state index contributed by atoms with van der Waals surface area (Å²) in [5, 5.41) is 2.99. The van der Waals surface area contributed by atoms with Gasteiger partial charge >= 0.3 is 5.97 Å². The number of esters is 1. The molecule has 0 saturated carbocycles. The highest BCUT2D eigenvalue weighted by molar-refractivity contribution is 7.98. The van der Waals surface area contributed by atoms with Crippen LogP contribution in [-0.2, 0) is 15.3 Å². The first-order chi connectivity index (χ1) is 7.76. The van der Waals surface area contributed by atoms with Gasteiger partial charge in [0.25, 0.3) is 0 Å². The maximum Gasteiger partial charge on any atom is 0.306 e. The Bertz CT molecular complexity index is 345. The Morgan fingerprint density at radius 1 is 1.56 bits per heavy atom. The fourth-order valence-electron chi connectivity index (χ4n) is 1.13. The van der Waals surface area contributed by atoms with E-state index in [2.05, 4.69) is 15.0 Å². The predicted octanol–water partition coefficient (Wildman–Crippen LogP) is 1.92. The van der Waals surface area contributed by atoms with Crippen LogP contribution in [-0.4, -0.2) is 30.9 Å². The van der Waals surface area contributed by atoms with Gasteiger partial charge in [-0.1, -0.05) is 6.07 Å². The van der Waals surface area contributed by atoms with Gasteiger partial charge in [-0.25, -0.2) is 4.98 Å². The number of hydrogen-bond donors (Lipinski definition) is 1. The van der Waals surface area contributed by atoms with Crippen molar-refractivity contribution in [3.63, 3.8) is 0 Å². The molecular weight excluding hydrogens is 224 g/mol. The van der Waals surface area contributed by atoms with Gasteiger partial charge in [0.15, 0.2) is 0 Å². The zero-order valence-corrected chi connectivity index (χ0v) is 10.3. The van der Waals surface area contributed by atoms with Crippen LogP contribution in [0.3, 0.4) is 0 Å². The van der Waals surface area contributed by atoms with Gasteiger partial charge in [-0.2, -0.15) is 11.8 Å². The van der Waals surface area contributed by atoms with Gasteiger partial charge < -0.3 is 10.1 Å². The molecule has 4 nitrogen and oxygen atoms in total. The highest BCUT2D eigenvalue weighted by Crippen LogP contribution is 2.13. The van der Waals surface area contributed by atoms with Gasteiger partial charge in [0.1, 0.15) is 5.82 Å². The maximum atomic E-state index is 10.9. The third kappa shape index (κ3) is 4.53. The molecular formula is C11H16N2O2S. The molecule has 0 aliphatic carbocycles. The molecule has 1 N–H and O–H groups in total. The normalized spacial score (nSPS) is 9.88. The zero-order valence-electron chi connectivity index (χ0n) is 9.53. The standard InChI is InChI=1S/C11H16N2O2S/c1-12-10-5-3-4-9(13-10)8-16-7-6-11(14)15-2/h3-5H,6-8H2,1-2H3,(H,12,13). The smallest absolute Gasteiger partial charge is 0.306 e. The first kappa shape index (κ1) is 12.8. The Morgan fingerprint density at radius 3 is 3.06 bits per heavy atom. The molecule has 0 radical (unpaired) electrons. The Labute approximate surface area is 99.8 Å². The van der Waals surface area contributed by atoms with Crippen molar-refractivity contribution in [1.82, 2.24) is 4.98 Å². The van der Waals surface area contributed by atoms with E-state index < -0.39 is 0 Å². The number of carbonyl (C=O) groups is 1. The summed E-state index contributed by atoms with van der Waals surface area (Å²) in [6.45, 7) is 0. The van der Waals surface area contributed by atoms with E-state index in [1.165, 1.54) is 7.11 Å². The molecule has 0 aliphatic rings. The molecule has 0 aromatic carbocycles. The molecule has 0 saturated heterocycles. The van der Waals surface area contributed by atoms with Gasteiger partial charge in [-0.15, -0.1) is 0 Å². The number of hydrogen-bond acceptors (Lipinski definition) is 5. The molecule has 0 aliphatic heterocycles. The summed E-state index contributed by atoms with van der Waals surface area (Å²) in [6, 6.07) is 5.86. The second kappa shape index (κ2) is 7.11. The van der Waals surface area contributed by atoms with E-state index in [-0.39, 0.29) is 5.97 Å². The molecule has 16 heavy (non-hydrogen) atoms. The topological polar surface area (TPSA) is 51.2 Å². The van der Waals surface area contributed by atoms with E-state index in [0.29, 0.717) is 6.42 Å². The lowest BCUT2D eigenvalue weighted by molar-refractivity contribution is -0.140. The number of methoxy groups -OCH3 is 1. The predicted molar refractivity (Wildman–Crippen MR) is 66.6 cm³/mol. The Morgan fingerprint density at radius 2 is 2.38 bits per heavy atom. The van der Waals surface area contributed by atoms with Crippen molar-refractivity contribution in [3.8, 4) is 0 Å². The summed E-state index contributed by atoms with van der Waals surface area (Å²) < 4.78 is 4.56. The Balaban J connectivity index is 2.28. The van der Waals surface area contributed by atoms with Crippen LogP contribution in [0.4, 0.5) is 5.82 Å². The van der Waals surface area contributed by atoms with Gasteiger partial charge in [0.2, 0.25) is 0 Å². The number of anilines is 1. The van der Waals surface area contributed by atoms with Crippen molar-refractivity contribution < 1.29 is 9.53 Å². The van der Waals surface area contributed by atoms with Crippen LogP contribution in [0.25, 0.3) is 0 Å². The van der Waals surface area contributed by atoms with Crippen LogP contribution in [0.2, 0.25) is 0 Å². The summed E-state index contributed by atoms with van der Waals surface area (Å²) >= 11 is 1.68. The number of ether oxygens (including phenoxy) is 1. The number of pyridine rings is 1.